The maximum atomic E-state index is 5.15. The Hall–Kier alpha value is -1.02. The van der Waals surface area contributed by atoms with Gasteiger partial charge in [-0.05, 0) is 43.4 Å². The summed E-state index contributed by atoms with van der Waals surface area (Å²) >= 11 is 0. The average molecular weight is 219 g/mol. The van der Waals surface area contributed by atoms with Crippen LogP contribution in [0, 0.1) is 0 Å². The van der Waals surface area contributed by atoms with Crippen molar-refractivity contribution in [2.24, 2.45) is 0 Å². The van der Waals surface area contributed by atoms with Gasteiger partial charge >= 0.3 is 0 Å². The van der Waals surface area contributed by atoms with Gasteiger partial charge in [0.2, 0.25) is 0 Å². The van der Waals surface area contributed by atoms with Gasteiger partial charge in [-0.1, -0.05) is 19.1 Å². The van der Waals surface area contributed by atoms with E-state index in [0.717, 1.165) is 12.3 Å². The summed E-state index contributed by atoms with van der Waals surface area (Å²) in [5, 5.41) is 3.70. The smallest absolute Gasteiger partial charge is 0.118 e. The molecule has 0 saturated heterocycles. The summed E-state index contributed by atoms with van der Waals surface area (Å²) in [7, 11) is 1.70. The summed E-state index contributed by atoms with van der Waals surface area (Å²) in [5.41, 5.74) is 1.76. The van der Waals surface area contributed by atoms with Crippen molar-refractivity contribution in [1.29, 1.82) is 0 Å². The Labute approximate surface area is 98.0 Å². The molecule has 88 valence electrons. The van der Waals surface area contributed by atoms with E-state index in [-0.39, 0.29) is 0 Å². The number of nitrogens with one attached hydrogen (secondary N) is 1. The zero-order valence-electron chi connectivity index (χ0n) is 10.3. The van der Waals surface area contributed by atoms with E-state index in [1.807, 2.05) is 12.1 Å². The van der Waals surface area contributed by atoms with E-state index in [9.17, 15) is 0 Å². The lowest BCUT2D eigenvalue weighted by Crippen LogP contribution is -2.49. The highest BCUT2D eigenvalue weighted by atomic mass is 16.5. The number of hydrogen-bond donors (Lipinski definition) is 1. The van der Waals surface area contributed by atoms with Gasteiger partial charge in [0.25, 0.3) is 0 Å². The van der Waals surface area contributed by atoms with Crippen molar-refractivity contribution in [3.05, 3.63) is 29.8 Å². The molecule has 1 aliphatic carbocycles. The van der Waals surface area contributed by atoms with Crippen LogP contribution in [0.1, 0.15) is 38.2 Å². The van der Waals surface area contributed by atoms with Crippen LogP contribution in [0.3, 0.4) is 0 Å². The first kappa shape index (κ1) is 11.5. The summed E-state index contributed by atoms with van der Waals surface area (Å²) < 4.78 is 5.15. The zero-order valence-corrected chi connectivity index (χ0v) is 10.3. The Balaban J connectivity index is 1.89. The molecule has 0 aromatic heterocycles. The van der Waals surface area contributed by atoms with Gasteiger partial charge in [-0.25, -0.2) is 0 Å². The standard InChI is InChI=1S/C14H21NO/c1-3-14(9-4-10-14)15-11-12-5-7-13(16-2)8-6-12/h5-8,15H,3-4,9-11H2,1-2H3. The lowest BCUT2D eigenvalue weighted by atomic mass is 9.75. The van der Waals surface area contributed by atoms with Crippen LogP contribution in [0.4, 0.5) is 0 Å². The summed E-state index contributed by atoms with van der Waals surface area (Å²) in [4.78, 5) is 0. The van der Waals surface area contributed by atoms with E-state index in [0.29, 0.717) is 5.54 Å². The highest BCUT2D eigenvalue weighted by Crippen LogP contribution is 2.34. The Morgan fingerprint density at radius 3 is 2.38 bits per heavy atom. The molecule has 1 N–H and O–H groups in total. The molecule has 0 amide bonds. The highest BCUT2D eigenvalue weighted by Gasteiger charge is 2.33. The van der Waals surface area contributed by atoms with Crippen LogP contribution in [0.2, 0.25) is 0 Å². The minimum absolute atomic E-state index is 0.430. The van der Waals surface area contributed by atoms with Crippen LogP contribution in [-0.4, -0.2) is 12.6 Å². The van der Waals surface area contributed by atoms with Crippen molar-refractivity contribution < 1.29 is 4.74 Å². The summed E-state index contributed by atoms with van der Waals surface area (Å²) in [6.45, 7) is 3.25. The van der Waals surface area contributed by atoms with Crippen molar-refractivity contribution in [1.82, 2.24) is 5.32 Å². The molecule has 2 rings (SSSR count). The van der Waals surface area contributed by atoms with E-state index < -0.39 is 0 Å². The Kier molecular flexibility index (Phi) is 3.49. The largest absolute Gasteiger partial charge is 0.497 e. The SMILES string of the molecule is CCC1(NCc2ccc(OC)cc2)CCC1. The van der Waals surface area contributed by atoms with Gasteiger partial charge in [-0.3, -0.25) is 0 Å². The second kappa shape index (κ2) is 4.88. The van der Waals surface area contributed by atoms with Gasteiger partial charge in [0.1, 0.15) is 5.75 Å². The van der Waals surface area contributed by atoms with Crippen LogP contribution < -0.4 is 10.1 Å². The van der Waals surface area contributed by atoms with Crippen molar-refractivity contribution in [3.8, 4) is 5.75 Å². The summed E-state index contributed by atoms with van der Waals surface area (Å²) in [6, 6.07) is 8.31. The maximum Gasteiger partial charge on any atom is 0.118 e. The van der Waals surface area contributed by atoms with Crippen molar-refractivity contribution in [3.63, 3.8) is 0 Å². The Morgan fingerprint density at radius 1 is 1.25 bits per heavy atom. The second-order valence-corrected chi connectivity index (χ2v) is 4.69. The fraction of sp³-hybridized carbons (Fsp3) is 0.571. The Morgan fingerprint density at radius 2 is 1.94 bits per heavy atom. The molecule has 0 radical (unpaired) electrons. The molecule has 1 saturated carbocycles. The summed E-state index contributed by atoms with van der Waals surface area (Å²) in [6.07, 6.45) is 5.28. The summed E-state index contributed by atoms with van der Waals surface area (Å²) in [5.74, 6) is 0.928. The monoisotopic (exact) mass is 219 g/mol. The molecule has 1 aromatic rings. The molecular formula is C14H21NO. The third-order valence-corrected chi connectivity index (χ3v) is 3.81. The van der Waals surface area contributed by atoms with Crippen LogP contribution >= 0.6 is 0 Å². The average Bonchev–Trinajstić information content (AvgIpc) is 2.29. The van der Waals surface area contributed by atoms with E-state index in [1.54, 1.807) is 7.11 Å². The molecular weight excluding hydrogens is 198 g/mol. The van der Waals surface area contributed by atoms with Gasteiger partial charge in [0.05, 0.1) is 7.11 Å². The van der Waals surface area contributed by atoms with Gasteiger partial charge in [0.15, 0.2) is 0 Å². The van der Waals surface area contributed by atoms with Crippen LogP contribution in [0.5, 0.6) is 5.75 Å². The molecule has 0 unspecified atom stereocenters. The molecule has 16 heavy (non-hydrogen) atoms. The fourth-order valence-electron chi connectivity index (χ4n) is 2.29. The van der Waals surface area contributed by atoms with Crippen LogP contribution in [0.15, 0.2) is 24.3 Å². The number of rotatable bonds is 5. The highest BCUT2D eigenvalue weighted by molar-refractivity contribution is 5.27. The molecule has 2 nitrogen and oxygen atoms in total. The topological polar surface area (TPSA) is 21.3 Å². The number of ether oxygens (including phenoxy) is 1. The van der Waals surface area contributed by atoms with Gasteiger partial charge in [-0.15, -0.1) is 0 Å². The van der Waals surface area contributed by atoms with Crippen molar-refractivity contribution >= 4 is 0 Å². The molecule has 1 aromatic carbocycles. The third-order valence-electron chi connectivity index (χ3n) is 3.81. The minimum Gasteiger partial charge on any atom is -0.497 e. The third kappa shape index (κ3) is 2.38. The molecule has 0 bridgehead atoms. The molecule has 0 aliphatic heterocycles. The van der Waals surface area contributed by atoms with E-state index in [1.165, 1.54) is 31.2 Å². The molecule has 2 heteroatoms. The lowest BCUT2D eigenvalue weighted by Gasteiger charge is -2.42. The van der Waals surface area contributed by atoms with E-state index in [4.69, 9.17) is 4.74 Å². The zero-order chi connectivity index (χ0) is 11.4. The maximum absolute atomic E-state index is 5.15. The van der Waals surface area contributed by atoms with Gasteiger partial charge in [0, 0.05) is 12.1 Å². The molecule has 1 fully saturated rings. The van der Waals surface area contributed by atoms with Crippen LogP contribution in [0.25, 0.3) is 0 Å². The Bertz CT molecular complexity index is 322. The minimum atomic E-state index is 0.430. The predicted octanol–water partition coefficient (Wildman–Crippen LogP) is 3.12. The second-order valence-electron chi connectivity index (χ2n) is 4.69. The predicted molar refractivity (Wildman–Crippen MR) is 66.7 cm³/mol. The van der Waals surface area contributed by atoms with E-state index >= 15 is 0 Å². The first-order valence-electron chi connectivity index (χ1n) is 6.16. The van der Waals surface area contributed by atoms with Gasteiger partial charge < -0.3 is 10.1 Å². The molecule has 0 atom stereocenters. The molecule has 0 heterocycles. The molecule has 0 spiro atoms. The first-order valence-corrected chi connectivity index (χ1v) is 6.16. The number of methoxy groups -OCH3 is 1. The van der Waals surface area contributed by atoms with Crippen molar-refractivity contribution in [2.45, 2.75) is 44.7 Å². The van der Waals surface area contributed by atoms with E-state index in [2.05, 4.69) is 24.4 Å². The quantitative estimate of drug-likeness (QED) is 0.821. The number of benzene rings is 1. The normalized spacial score (nSPS) is 17.9. The fourth-order valence-corrected chi connectivity index (χ4v) is 2.29. The van der Waals surface area contributed by atoms with Crippen molar-refractivity contribution in [2.75, 3.05) is 7.11 Å². The molecule has 1 aliphatic rings. The lowest BCUT2D eigenvalue weighted by molar-refractivity contribution is 0.175. The van der Waals surface area contributed by atoms with Gasteiger partial charge in [-0.2, -0.15) is 0 Å². The van der Waals surface area contributed by atoms with Crippen LogP contribution in [-0.2, 0) is 6.54 Å². The first-order chi connectivity index (χ1) is 7.78. The number of hydrogen-bond acceptors (Lipinski definition) is 2.